The van der Waals surface area contributed by atoms with E-state index in [1.54, 1.807) is 24.2 Å². The number of rotatable bonds is 6. The second-order valence-corrected chi connectivity index (χ2v) is 6.11. The van der Waals surface area contributed by atoms with Crippen LogP contribution in [0.1, 0.15) is 6.42 Å². The summed E-state index contributed by atoms with van der Waals surface area (Å²) in [5.41, 5.74) is 1.95. The lowest BCUT2D eigenvalue weighted by Crippen LogP contribution is -1.95. The number of nitrogens with zero attached hydrogens (tertiary/aromatic N) is 4. The van der Waals surface area contributed by atoms with Crippen LogP contribution in [0.15, 0.2) is 46.3 Å². The Kier molecular flexibility index (Phi) is 4.80. The van der Waals surface area contributed by atoms with Gasteiger partial charge in [0, 0.05) is 29.8 Å². The van der Waals surface area contributed by atoms with Crippen LogP contribution < -0.4 is 0 Å². The first-order chi connectivity index (χ1) is 10.8. The number of hydrogen-bond acceptors (Lipinski definition) is 5. The van der Waals surface area contributed by atoms with Crippen molar-refractivity contribution in [2.75, 3.05) is 11.6 Å². The molecular formula is C15H15ClN4OS. The third kappa shape index (κ3) is 3.18. The van der Waals surface area contributed by atoms with Gasteiger partial charge >= 0.3 is 0 Å². The van der Waals surface area contributed by atoms with E-state index in [0.29, 0.717) is 11.8 Å². The van der Waals surface area contributed by atoms with Crippen LogP contribution in [0.5, 0.6) is 0 Å². The van der Waals surface area contributed by atoms with Crippen molar-refractivity contribution in [3.05, 3.63) is 36.7 Å². The largest absolute Gasteiger partial charge is 0.445 e. The standard InChI is InChI=1S/C15H15ClN4OS/c1-20-13(18-19-15(20)22-10-2-7-16)11-3-5-12(6-4-11)14-17-8-9-21-14/h3-6,8-9H,2,7,10H2,1H3. The molecule has 0 atom stereocenters. The minimum Gasteiger partial charge on any atom is -0.445 e. The molecule has 0 saturated carbocycles. The molecule has 0 aliphatic heterocycles. The number of aromatic nitrogens is 4. The van der Waals surface area contributed by atoms with Gasteiger partial charge in [0.05, 0.1) is 6.20 Å². The van der Waals surface area contributed by atoms with Crippen molar-refractivity contribution in [1.29, 1.82) is 0 Å². The summed E-state index contributed by atoms with van der Waals surface area (Å²) in [6.07, 6.45) is 4.16. The smallest absolute Gasteiger partial charge is 0.225 e. The Morgan fingerprint density at radius 2 is 1.95 bits per heavy atom. The Morgan fingerprint density at radius 1 is 1.18 bits per heavy atom. The molecule has 2 heterocycles. The first kappa shape index (κ1) is 15.1. The van der Waals surface area contributed by atoms with Crippen LogP contribution in [-0.2, 0) is 7.05 Å². The van der Waals surface area contributed by atoms with Crippen molar-refractivity contribution in [1.82, 2.24) is 19.7 Å². The number of benzene rings is 1. The summed E-state index contributed by atoms with van der Waals surface area (Å²) < 4.78 is 7.29. The lowest BCUT2D eigenvalue weighted by Gasteiger charge is -2.04. The average molecular weight is 335 g/mol. The molecule has 0 unspecified atom stereocenters. The second kappa shape index (κ2) is 6.98. The SMILES string of the molecule is Cn1c(SCCCCl)nnc1-c1ccc(-c2ncco2)cc1. The number of thioether (sulfide) groups is 1. The molecule has 0 saturated heterocycles. The quantitative estimate of drug-likeness (QED) is 0.389. The summed E-state index contributed by atoms with van der Waals surface area (Å²) in [5, 5.41) is 9.42. The van der Waals surface area contributed by atoms with Gasteiger partial charge in [-0.05, 0) is 18.6 Å². The van der Waals surface area contributed by atoms with E-state index in [4.69, 9.17) is 16.0 Å². The van der Waals surface area contributed by atoms with Gasteiger partial charge in [-0.2, -0.15) is 0 Å². The average Bonchev–Trinajstić information content (AvgIpc) is 3.19. The molecule has 0 radical (unpaired) electrons. The molecule has 1 aromatic carbocycles. The van der Waals surface area contributed by atoms with Crippen LogP contribution in [-0.4, -0.2) is 31.4 Å². The molecule has 3 aromatic rings. The third-order valence-electron chi connectivity index (χ3n) is 3.17. The molecule has 114 valence electrons. The second-order valence-electron chi connectivity index (χ2n) is 4.67. The highest BCUT2D eigenvalue weighted by Crippen LogP contribution is 2.25. The number of alkyl halides is 1. The molecule has 2 aromatic heterocycles. The molecular weight excluding hydrogens is 320 g/mol. The molecule has 0 amide bonds. The Bertz CT molecular complexity index is 725. The maximum Gasteiger partial charge on any atom is 0.225 e. The van der Waals surface area contributed by atoms with E-state index in [-0.39, 0.29) is 0 Å². The van der Waals surface area contributed by atoms with Crippen LogP contribution in [0.25, 0.3) is 22.8 Å². The van der Waals surface area contributed by atoms with Gasteiger partial charge in [-0.1, -0.05) is 23.9 Å². The lowest BCUT2D eigenvalue weighted by atomic mass is 10.1. The van der Waals surface area contributed by atoms with Crippen molar-refractivity contribution in [3.8, 4) is 22.8 Å². The lowest BCUT2D eigenvalue weighted by molar-refractivity contribution is 0.574. The first-order valence-electron chi connectivity index (χ1n) is 6.88. The number of halogens is 1. The topological polar surface area (TPSA) is 56.7 Å². The minimum absolute atomic E-state index is 0.613. The zero-order valence-electron chi connectivity index (χ0n) is 12.1. The van der Waals surface area contributed by atoms with Gasteiger partial charge < -0.3 is 8.98 Å². The van der Waals surface area contributed by atoms with E-state index in [2.05, 4.69) is 15.2 Å². The summed E-state index contributed by atoms with van der Waals surface area (Å²) in [4.78, 5) is 4.14. The molecule has 0 N–H and O–H groups in total. The van der Waals surface area contributed by atoms with E-state index in [0.717, 1.165) is 34.3 Å². The maximum absolute atomic E-state index is 5.70. The normalized spacial score (nSPS) is 11.0. The van der Waals surface area contributed by atoms with Gasteiger partial charge in [0.25, 0.3) is 0 Å². The van der Waals surface area contributed by atoms with Crippen LogP contribution in [0.3, 0.4) is 0 Å². The Labute approximate surface area is 137 Å². The fourth-order valence-corrected chi connectivity index (χ4v) is 3.18. The summed E-state index contributed by atoms with van der Waals surface area (Å²) in [5.74, 6) is 3.06. The molecule has 0 aliphatic carbocycles. The highest BCUT2D eigenvalue weighted by Gasteiger charge is 2.11. The molecule has 5 nitrogen and oxygen atoms in total. The van der Waals surface area contributed by atoms with Gasteiger partial charge in [-0.3, -0.25) is 0 Å². The maximum atomic E-state index is 5.70. The number of hydrogen-bond donors (Lipinski definition) is 0. The monoisotopic (exact) mass is 334 g/mol. The highest BCUT2D eigenvalue weighted by molar-refractivity contribution is 7.99. The van der Waals surface area contributed by atoms with Crippen molar-refractivity contribution in [2.45, 2.75) is 11.6 Å². The van der Waals surface area contributed by atoms with E-state index in [1.807, 2.05) is 35.9 Å². The molecule has 7 heteroatoms. The molecule has 0 bridgehead atoms. The predicted octanol–water partition coefficient (Wildman–Crippen LogP) is 3.86. The fraction of sp³-hybridized carbons (Fsp3) is 0.267. The van der Waals surface area contributed by atoms with Crippen molar-refractivity contribution >= 4 is 23.4 Å². The molecule has 0 fully saturated rings. The van der Waals surface area contributed by atoms with Crippen LogP contribution in [0.2, 0.25) is 0 Å². The molecule has 3 rings (SSSR count). The van der Waals surface area contributed by atoms with E-state index >= 15 is 0 Å². The number of oxazole rings is 1. The molecule has 0 aliphatic rings. The van der Waals surface area contributed by atoms with Crippen molar-refractivity contribution in [2.24, 2.45) is 7.05 Å². The van der Waals surface area contributed by atoms with Crippen molar-refractivity contribution in [3.63, 3.8) is 0 Å². The molecule has 22 heavy (non-hydrogen) atoms. The summed E-state index contributed by atoms with van der Waals surface area (Å²) >= 11 is 7.37. The Morgan fingerprint density at radius 3 is 2.64 bits per heavy atom. The predicted molar refractivity (Wildman–Crippen MR) is 88.0 cm³/mol. The highest BCUT2D eigenvalue weighted by atomic mass is 35.5. The first-order valence-corrected chi connectivity index (χ1v) is 8.40. The summed E-state index contributed by atoms with van der Waals surface area (Å²) in [6.45, 7) is 0. The molecule has 0 spiro atoms. The van der Waals surface area contributed by atoms with Crippen molar-refractivity contribution < 1.29 is 4.42 Å². The van der Waals surface area contributed by atoms with Gasteiger partial charge in [-0.15, -0.1) is 21.8 Å². The van der Waals surface area contributed by atoms with Gasteiger partial charge in [0.15, 0.2) is 11.0 Å². The van der Waals surface area contributed by atoms with Crippen LogP contribution >= 0.6 is 23.4 Å². The van der Waals surface area contributed by atoms with E-state index in [9.17, 15) is 0 Å². The van der Waals surface area contributed by atoms with Crippen LogP contribution in [0, 0.1) is 0 Å². The van der Waals surface area contributed by atoms with Crippen LogP contribution in [0.4, 0.5) is 0 Å². The summed E-state index contributed by atoms with van der Waals surface area (Å²) in [6, 6.07) is 7.93. The van der Waals surface area contributed by atoms with Gasteiger partial charge in [0.1, 0.15) is 6.26 Å². The third-order valence-corrected chi connectivity index (χ3v) is 4.54. The zero-order chi connectivity index (χ0) is 15.4. The Balaban J connectivity index is 1.79. The minimum atomic E-state index is 0.613. The Hall–Kier alpha value is -1.79. The van der Waals surface area contributed by atoms with Gasteiger partial charge in [-0.25, -0.2) is 4.98 Å². The van der Waals surface area contributed by atoms with E-state index < -0.39 is 0 Å². The zero-order valence-corrected chi connectivity index (χ0v) is 13.6. The fourth-order valence-electron chi connectivity index (χ4n) is 2.04. The van der Waals surface area contributed by atoms with E-state index in [1.165, 1.54) is 0 Å². The van der Waals surface area contributed by atoms with Gasteiger partial charge in [0.2, 0.25) is 5.89 Å². The summed E-state index contributed by atoms with van der Waals surface area (Å²) in [7, 11) is 1.97.